The number of nitrogens with zero attached hydrogens (tertiary/aromatic N) is 1. The highest BCUT2D eigenvalue weighted by molar-refractivity contribution is 5.74. The summed E-state index contributed by atoms with van der Waals surface area (Å²) in [5, 5.41) is 3.28. The van der Waals surface area contributed by atoms with E-state index in [0.29, 0.717) is 12.1 Å². The van der Waals surface area contributed by atoms with E-state index in [9.17, 15) is 4.79 Å². The van der Waals surface area contributed by atoms with Crippen molar-refractivity contribution in [1.29, 1.82) is 0 Å². The fourth-order valence-corrected chi connectivity index (χ4v) is 2.76. The molecule has 2 aromatic heterocycles. The van der Waals surface area contributed by atoms with Gasteiger partial charge in [0.25, 0.3) is 0 Å². The second-order valence-corrected chi connectivity index (χ2v) is 4.99. The largest absolute Gasteiger partial charge is 0.469 e. The Morgan fingerprint density at radius 3 is 2.76 bits per heavy atom. The summed E-state index contributed by atoms with van der Waals surface area (Å²) in [5.74, 6) is 0.562. The molecule has 3 rings (SSSR count). The van der Waals surface area contributed by atoms with Crippen molar-refractivity contribution in [1.82, 2.24) is 9.88 Å². The Hall–Kier alpha value is -2.27. The Bertz CT molecular complexity index is 826. The van der Waals surface area contributed by atoms with E-state index < -0.39 is 0 Å². The van der Waals surface area contributed by atoms with Crippen LogP contribution in [0.4, 0.5) is 0 Å². The monoisotopic (exact) mass is 286 g/mol. The van der Waals surface area contributed by atoms with Crippen molar-refractivity contribution in [2.45, 2.75) is 26.4 Å². The summed E-state index contributed by atoms with van der Waals surface area (Å²) in [7, 11) is 1.90. The number of rotatable bonds is 4. The van der Waals surface area contributed by atoms with E-state index in [4.69, 9.17) is 8.83 Å². The predicted molar refractivity (Wildman–Crippen MR) is 80.5 cm³/mol. The van der Waals surface area contributed by atoms with Crippen molar-refractivity contribution >= 4 is 11.1 Å². The average molecular weight is 286 g/mol. The highest BCUT2D eigenvalue weighted by Gasteiger charge is 2.18. The minimum Gasteiger partial charge on any atom is -0.469 e. The Balaban J connectivity index is 2.12. The van der Waals surface area contributed by atoms with Gasteiger partial charge in [-0.1, -0.05) is 6.07 Å². The Kier molecular flexibility index (Phi) is 3.43. The molecule has 1 unspecified atom stereocenters. The van der Waals surface area contributed by atoms with Gasteiger partial charge in [-0.2, -0.15) is 0 Å². The van der Waals surface area contributed by atoms with Gasteiger partial charge in [-0.05, 0) is 44.7 Å². The zero-order valence-corrected chi connectivity index (χ0v) is 12.3. The molecule has 5 nitrogen and oxygen atoms in total. The van der Waals surface area contributed by atoms with Gasteiger partial charge in [0.1, 0.15) is 5.76 Å². The van der Waals surface area contributed by atoms with Gasteiger partial charge in [0.2, 0.25) is 0 Å². The fourth-order valence-electron chi connectivity index (χ4n) is 2.76. The molecule has 0 aliphatic heterocycles. The molecule has 0 radical (unpaired) electrons. The molecule has 5 heteroatoms. The van der Waals surface area contributed by atoms with Crippen LogP contribution >= 0.6 is 0 Å². The Labute approximate surface area is 122 Å². The molecule has 0 saturated heterocycles. The average Bonchev–Trinajstić information content (AvgIpc) is 3.02. The summed E-state index contributed by atoms with van der Waals surface area (Å²) < 4.78 is 12.3. The van der Waals surface area contributed by atoms with E-state index in [-0.39, 0.29) is 11.8 Å². The Morgan fingerprint density at radius 1 is 1.33 bits per heavy atom. The molecule has 0 amide bonds. The number of benzene rings is 1. The van der Waals surface area contributed by atoms with Crippen molar-refractivity contribution in [2.75, 3.05) is 7.05 Å². The molecule has 0 saturated carbocycles. The first kappa shape index (κ1) is 13.7. The summed E-state index contributed by atoms with van der Waals surface area (Å²) in [4.78, 5) is 11.8. The van der Waals surface area contributed by atoms with Crippen LogP contribution < -0.4 is 11.1 Å². The van der Waals surface area contributed by atoms with E-state index in [1.165, 1.54) is 0 Å². The minimum absolute atomic E-state index is 0.00317. The SMILES string of the molecule is CCn1c(=O)oc2cc(C(NC)c3ccoc3C)ccc21. The summed E-state index contributed by atoms with van der Waals surface area (Å²) in [6.07, 6.45) is 1.68. The van der Waals surface area contributed by atoms with Crippen LogP contribution in [0.2, 0.25) is 0 Å². The number of nitrogens with one attached hydrogen (secondary N) is 1. The van der Waals surface area contributed by atoms with Crippen LogP contribution in [-0.2, 0) is 6.54 Å². The number of aromatic nitrogens is 1. The smallest absolute Gasteiger partial charge is 0.419 e. The molecule has 0 aliphatic rings. The van der Waals surface area contributed by atoms with Crippen molar-refractivity contribution in [3.8, 4) is 0 Å². The van der Waals surface area contributed by atoms with Gasteiger partial charge < -0.3 is 14.2 Å². The quantitative estimate of drug-likeness (QED) is 0.801. The molecule has 110 valence electrons. The zero-order chi connectivity index (χ0) is 15.0. The van der Waals surface area contributed by atoms with Crippen molar-refractivity contribution in [2.24, 2.45) is 0 Å². The highest BCUT2D eigenvalue weighted by Crippen LogP contribution is 2.27. The van der Waals surface area contributed by atoms with E-state index in [1.54, 1.807) is 10.8 Å². The van der Waals surface area contributed by atoms with Gasteiger partial charge in [0.15, 0.2) is 5.58 Å². The maximum Gasteiger partial charge on any atom is 0.419 e. The molecule has 0 fully saturated rings. The number of hydrogen-bond acceptors (Lipinski definition) is 4. The normalized spacial score (nSPS) is 12.9. The van der Waals surface area contributed by atoms with E-state index in [0.717, 1.165) is 22.4 Å². The molecular formula is C16H18N2O3. The lowest BCUT2D eigenvalue weighted by Crippen LogP contribution is -2.17. The molecule has 0 bridgehead atoms. The number of furan rings is 1. The summed E-state index contributed by atoms with van der Waals surface area (Å²) in [5.41, 5.74) is 3.55. The Morgan fingerprint density at radius 2 is 2.14 bits per heavy atom. The lowest BCUT2D eigenvalue weighted by molar-refractivity contribution is 0.512. The first-order valence-electron chi connectivity index (χ1n) is 7.00. The first-order chi connectivity index (χ1) is 10.2. The lowest BCUT2D eigenvalue weighted by atomic mass is 9.99. The van der Waals surface area contributed by atoms with Crippen LogP contribution in [0.25, 0.3) is 11.1 Å². The van der Waals surface area contributed by atoms with Crippen LogP contribution in [0.15, 0.2) is 44.2 Å². The van der Waals surface area contributed by atoms with Gasteiger partial charge in [-0.25, -0.2) is 4.79 Å². The molecule has 21 heavy (non-hydrogen) atoms. The third-order valence-corrected chi connectivity index (χ3v) is 3.84. The molecule has 0 aliphatic carbocycles. The molecule has 1 atom stereocenters. The van der Waals surface area contributed by atoms with Crippen molar-refractivity contribution < 1.29 is 8.83 Å². The van der Waals surface area contributed by atoms with Crippen molar-refractivity contribution in [3.63, 3.8) is 0 Å². The third kappa shape index (κ3) is 2.19. The van der Waals surface area contributed by atoms with E-state index in [1.807, 2.05) is 45.2 Å². The van der Waals surface area contributed by atoms with Gasteiger partial charge in [0.05, 0.1) is 17.8 Å². The second-order valence-electron chi connectivity index (χ2n) is 4.99. The van der Waals surface area contributed by atoms with Gasteiger partial charge >= 0.3 is 5.76 Å². The predicted octanol–water partition coefficient (Wildman–Crippen LogP) is 2.82. The number of oxazole rings is 1. The maximum atomic E-state index is 11.8. The summed E-state index contributed by atoms with van der Waals surface area (Å²) in [6, 6.07) is 7.81. The maximum absolute atomic E-state index is 11.8. The van der Waals surface area contributed by atoms with E-state index >= 15 is 0 Å². The molecular weight excluding hydrogens is 268 g/mol. The molecule has 1 N–H and O–H groups in total. The number of aryl methyl sites for hydroxylation is 2. The summed E-state index contributed by atoms with van der Waals surface area (Å²) >= 11 is 0. The fraction of sp³-hybridized carbons (Fsp3) is 0.312. The third-order valence-electron chi connectivity index (χ3n) is 3.84. The highest BCUT2D eigenvalue weighted by atomic mass is 16.4. The first-order valence-corrected chi connectivity index (χ1v) is 7.00. The van der Waals surface area contributed by atoms with Crippen LogP contribution in [0.3, 0.4) is 0 Å². The van der Waals surface area contributed by atoms with Crippen LogP contribution in [-0.4, -0.2) is 11.6 Å². The van der Waals surface area contributed by atoms with Crippen LogP contribution in [0, 0.1) is 6.92 Å². The number of fused-ring (bicyclic) bond motifs is 1. The van der Waals surface area contributed by atoms with Gasteiger partial charge in [-0.3, -0.25) is 4.57 Å². The van der Waals surface area contributed by atoms with Gasteiger partial charge in [-0.15, -0.1) is 0 Å². The van der Waals surface area contributed by atoms with E-state index in [2.05, 4.69) is 5.32 Å². The summed E-state index contributed by atoms with van der Waals surface area (Å²) in [6.45, 7) is 4.46. The molecule has 2 heterocycles. The zero-order valence-electron chi connectivity index (χ0n) is 12.3. The molecule has 3 aromatic rings. The van der Waals surface area contributed by atoms with Crippen LogP contribution in [0.1, 0.15) is 29.9 Å². The molecule has 0 spiro atoms. The van der Waals surface area contributed by atoms with Gasteiger partial charge in [0, 0.05) is 12.1 Å². The molecule has 1 aromatic carbocycles. The lowest BCUT2D eigenvalue weighted by Gasteiger charge is -2.16. The van der Waals surface area contributed by atoms with Crippen LogP contribution in [0.5, 0.6) is 0 Å². The minimum atomic E-state index is -0.315. The standard InChI is InChI=1S/C16H18N2O3/c1-4-18-13-6-5-11(9-14(13)21-16(18)19)15(17-3)12-7-8-20-10(12)2/h5-9,15,17H,4H2,1-3H3. The number of hydrogen-bond donors (Lipinski definition) is 1. The second kappa shape index (κ2) is 5.26. The van der Waals surface area contributed by atoms with Crippen molar-refractivity contribution in [3.05, 3.63) is 58.0 Å². The topological polar surface area (TPSA) is 60.3 Å².